The minimum absolute atomic E-state index is 0.848. The van der Waals surface area contributed by atoms with Crippen LogP contribution < -0.4 is 4.90 Å². The molecule has 1 saturated carbocycles. The molecule has 1 aromatic heterocycles. The zero-order valence-electron chi connectivity index (χ0n) is 12.2. The normalized spacial score (nSPS) is 21.6. The molecule has 2 heterocycles. The number of anilines is 1. The lowest BCUT2D eigenvalue weighted by molar-refractivity contribution is 0.187. The molecule has 1 saturated heterocycles. The molecule has 0 atom stereocenters. The highest BCUT2D eigenvalue weighted by molar-refractivity contribution is 9.10. The summed E-state index contributed by atoms with van der Waals surface area (Å²) in [4.78, 5) is 14.1. The second kappa shape index (κ2) is 6.39. The third-order valence-electron chi connectivity index (χ3n) is 4.52. The van der Waals surface area contributed by atoms with Crippen LogP contribution in [0.5, 0.6) is 0 Å². The largest absolute Gasteiger partial charge is 0.354 e. The first kappa shape index (κ1) is 14.3. The first-order chi connectivity index (χ1) is 9.76. The summed E-state index contributed by atoms with van der Waals surface area (Å²) in [6.07, 6.45) is 6.53. The fraction of sp³-hybridized carbons (Fsp3) is 0.733. The fourth-order valence-electron chi connectivity index (χ4n) is 3.36. The van der Waals surface area contributed by atoms with Crippen LogP contribution in [-0.2, 0) is 6.42 Å². The molecule has 5 heteroatoms. The maximum absolute atomic E-state index is 4.66. The topological polar surface area (TPSA) is 32.3 Å². The Morgan fingerprint density at radius 1 is 1.15 bits per heavy atom. The second-order valence-corrected chi connectivity index (χ2v) is 6.59. The van der Waals surface area contributed by atoms with E-state index in [4.69, 9.17) is 0 Å². The van der Waals surface area contributed by atoms with E-state index < -0.39 is 0 Å². The van der Waals surface area contributed by atoms with Crippen molar-refractivity contribution in [1.29, 1.82) is 0 Å². The van der Waals surface area contributed by atoms with Crippen molar-refractivity contribution in [1.82, 2.24) is 14.9 Å². The van der Waals surface area contributed by atoms with E-state index in [1.165, 1.54) is 38.8 Å². The summed E-state index contributed by atoms with van der Waals surface area (Å²) in [6, 6.07) is 2.89. The molecule has 1 aliphatic carbocycles. The Balaban J connectivity index is 1.64. The van der Waals surface area contributed by atoms with Crippen LogP contribution in [0.2, 0.25) is 0 Å². The summed E-state index contributed by atoms with van der Waals surface area (Å²) in [5.74, 6) is 2.00. The molecule has 3 rings (SSSR count). The van der Waals surface area contributed by atoms with Gasteiger partial charge in [0.2, 0.25) is 0 Å². The number of rotatable bonds is 3. The molecular formula is C15H23BrN4. The van der Waals surface area contributed by atoms with Crippen LogP contribution in [0.15, 0.2) is 10.7 Å². The summed E-state index contributed by atoms with van der Waals surface area (Å²) in [5.41, 5.74) is 0. The van der Waals surface area contributed by atoms with Gasteiger partial charge in [0.05, 0.1) is 0 Å². The monoisotopic (exact) mass is 338 g/mol. The van der Waals surface area contributed by atoms with Gasteiger partial charge in [-0.3, -0.25) is 4.90 Å². The molecule has 110 valence electrons. The Labute approximate surface area is 129 Å². The Hall–Kier alpha value is -0.680. The van der Waals surface area contributed by atoms with Crippen molar-refractivity contribution in [3.63, 3.8) is 0 Å². The number of aryl methyl sites for hydroxylation is 1. The van der Waals surface area contributed by atoms with Crippen molar-refractivity contribution in [2.24, 2.45) is 0 Å². The molecule has 0 spiro atoms. The zero-order valence-corrected chi connectivity index (χ0v) is 13.8. The van der Waals surface area contributed by atoms with Crippen molar-refractivity contribution >= 4 is 21.7 Å². The van der Waals surface area contributed by atoms with E-state index in [1.807, 2.05) is 6.07 Å². The SMILES string of the molecule is CCc1nc(Br)cc(N2CCN(C3CCCC3)CC2)n1. The molecule has 1 aliphatic heterocycles. The van der Waals surface area contributed by atoms with Crippen LogP contribution in [0.3, 0.4) is 0 Å². The van der Waals surface area contributed by atoms with Crippen LogP contribution in [0.1, 0.15) is 38.4 Å². The maximum atomic E-state index is 4.66. The Morgan fingerprint density at radius 3 is 2.50 bits per heavy atom. The number of halogens is 1. The van der Waals surface area contributed by atoms with E-state index in [9.17, 15) is 0 Å². The predicted molar refractivity (Wildman–Crippen MR) is 85.2 cm³/mol. The van der Waals surface area contributed by atoms with Crippen molar-refractivity contribution < 1.29 is 0 Å². The van der Waals surface area contributed by atoms with Crippen molar-refractivity contribution in [2.75, 3.05) is 31.1 Å². The second-order valence-electron chi connectivity index (χ2n) is 5.78. The minimum Gasteiger partial charge on any atom is -0.354 e. The van der Waals surface area contributed by atoms with Gasteiger partial charge in [0.1, 0.15) is 16.2 Å². The standard InChI is InChI=1S/C15H23BrN4/c1-2-14-17-13(16)11-15(18-14)20-9-7-19(8-10-20)12-5-3-4-6-12/h11-12H,2-10H2,1H3. The van der Waals surface area contributed by atoms with E-state index in [0.717, 1.165) is 41.8 Å². The van der Waals surface area contributed by atoms with Gasteiger partial charge in [-0.15, -0.1) is 0 Å². The third kappa shape index (κ3) is 3.14. The molecule has 0 N–H and O–H groups in total. The molecular weight excluding hydrogens is 316 g/mol. The van der Waals surface area contributed by atoms with Crippen LogP contribution >= 0.6 is 15.9 Å². The Kier molecular flexibility index (Phi) is 4.56. The van der Waals surface area contributed by atoms with Gasteiger partial charge in [0, 0.05) is 44.7 Å². The lowest BCUT2D eigenvalue weighted by Crippen LogP contribution is -2.50. The summed E-state index contributed by atoms with van der Waals surface area (Å²) in [7, 11) is 0. The third-order valence-corrected chi connectivity index (χ3v) is 4.93. The summed E-state index contributed by atoms with van der Waals surface area (Å²) < 4.78 is 0.901. The fourth-order valence-corrected chi connectivity index (χ4v) is 3.77. The van der Waals surface area contributed by atoms with Gasteiger partial charge in [-0.2, -0.15) is 0 Å². The molecule has 0 amide bonds. The van der Waals surface area contributed by atoms with Crippen molar-refractivity contribution in [2.45, 2.75) is 45.1 Å². The maximum Gasteiger partial charge on any atom is 0.133 e. The lowest BCUT2D eigenvalue weighted by Gasteiger charge is -2.38. The minimum atomic E-state index is 0.848. The highest BCUT2D eigenvalue weighted by atomic mass is 79.9. The highest BCUT2D eigenvalue weighted by Gasteiger charge is 2.26. The molecule has 2 aliphatic rings. The van der Waals surface area contributed by atoms with Crippen LogP contribution in [0.25, 0.3) is 0 Å². The van der Waals surface area contributed by atoms with Gasteiger partial charge < -0.3 is 4.90 Å². The van der Waals surface area contributed by atoms with Crippen LogP contribution in [-0.4, -0.2) is 47.1 Å². The molecule has 1 aromatic rings. The predicted octanol–water partition coefficient (Wildman–Crippen LogP) is 2.87. The Bertz CT molecular complexity index is 451. The first-order valence-electron chi connectivity index (χ1n) is 7.78. The van der Waals surface area contributed by atoms with E-state index in [1.54, 1.807) is 0 Å². The number of aromatic nitrogens is 2. The molecule has 0 aromatic carbocycles. The van der Waals surface area contributed by atoms with Gasteiger partial charge in [0.25, 0.3) is 0 Å². The summed E-state index contributed by atoms with van der Waals surface area (Å²) >= 11 is 3.50. The molecule has 0 radical (unpaired) electrons. The van der Waals surface area contributed by atoms with E-state index in [2.05, 4.69) is 42.6 Å². The smallest absolute Gasteiger partial charge is 0.133 e. The Morgan fingerprint density at radius 2 is 1.85 bits per heavy atom. The average molecular weight is 339 g/mol. The number of piperazine rings is 1. The molecule has 0 unspecified atom stereocenters. The number of hydrogen-bond donors (Lipinski definition) is 0. The van der Waals surface area contributed by atoms with Gasteiger partial charge in [0.15, 0.2) is 0 Å². The van der Waals surface area contributed by atoms with E-state index in [0.29, 0.717) is 0 Å². The van der Waals surface area contributed by atoms with E-state index >= 15 is 0 Å². The molecule has 2 fully saturated rings. The van der Waals surface area contributed by atoms with Crippen LogP contribution in [0, 0.1) is 0 Å². The quantitative estimate of drug-likeness (QED) is 0.793. The van der Waals surface area contributed by atoms with E-state index in [-0.39, 0.29) is 0 Å². The summed E-state index contributed by atoms with van der Waals surface area (Å²) in [6.45, 7) is 6.62. The summed E-state index contributed by atoms with van der Waals surface area (Å²) in [5, 5.41) is 0. The van der Waals surface area contributed by atoms with Crippen LogP contribution in [0.4, 0.5) is 5.82 Å². The van der Waals surface area contributed by atoms with Crippen molar-refractivity contribution in [3.8, 4) is 0 Å². The average Bonchev–Trinajstić information content (AvgIpc) is 3.01. The van der Waals surface area contributed by atoms with Gasteiger partial charge >= 0.3 is 0 Å². The molecule has 4 nitrogen and oxygen atoms in total. The van der Waals surface area contributed by atoms with Gasteiger partial charge in [-0.05, 0) is 28.8 Å². The molecule has 20 heavy (non-hydrogen) atoms. The zero-order chi connectivity index (χ0) is 13.9. The van der Waals surface area contributed by atoms with Gasteiger partial charge in [-0.1, -0.05) is 19.8 Å². The molecule has 0 bridgehead atoms. The highest BCUT2D eigenvalue weighted by Crippen LogP contribution is 2.25. The van der Waals surface area contributed by atoms with Crippen molar-refractivity contribution in [3.05, 3.63) is 16.5 Å². The lowest BCUT2D eigenvalue weighted by atomic mass is 10.2. The number of hydrogen-bond acceptors (Lipinski definition) is 4. The van der Waals surface area contributed by atoms with Gasteiger partial charge in [-0.25, -0.2) is 9.97 Å². The first-order valence-corrected chi connectivity index (χ1v) is 8.58. The number of nitrogens with zero attached hydrogens (tertiary/aromatic N) is 4.